The van der Waals surface area contributed by atoms with Gasteiger partial charge in [-0.05, 0) is 117 Å². The van der Waals surface area contributed by atoms with Gasteiger partial charge in [-0.3, -0.25) is 19.2 Å². The van der Waals surface area contributed by atoms with E-state index in [0.717, 1.165) is 131 Å². The van der Waals surface area contributed by atoms with Crippen molar-refractivity contribution in [3.8, 4) is 6.07 Å². The van der Waals surface area contributed by atoms with Gasteiger partial charge in [0.05, 0.1) is 32.7 Å². The van der Waals surface area contributed by atoms with E-state index in [1.165, 1.54) is 33.2 Å². The van der Waals surface area contributed by atoms with Gasteiger partial charge in [0, 0.05) is 204 Å². The van der Waals surface area contributed by atoms with Crippen LogP contribution in [0.1, 0.15) is 93.0 Å². The molecule has 0 unspecified atom stereocenters. The largest absolute Gasteiger partial charge is 1.00 e. The second-order valence-corrected chi connectivity index (χ2v) is 24.1. The fourth-order valence-electron chi connectivity index (χ4n) is 11.4. The van der Waals surface area contributed by atoms with Crippen LogP contribution in [0.5, 0.6) is 0 Å². The molecule has 0 bridgehead atoms. The molecule has 9 rings (SSSR count). The summed E-state index contributed by atoms with van der Waals surface area (Å²) in [6.45, 7) is 2.37. The first kappa shape index (κ1) is 76.4. The molecule has 3 aromatic heterocycles. The van der Waals surface area contributed by atoms with Crippen LogP contribution in [0.15, 0.2) is 115 Å². The van der Waals surface area contributed by atoms with Crippen LogP contribution in [-0.2, 0) is 34.0 Å². The number of amides is 1. The van der Waals surface area contributed by atoms with Crippen molar-refractivity contribution in [1.29, 1.82) is 5.26 Å². The van der Waals surface area contributed by atoms with Crippen molar-refractivity contribution >= 4 is 123 Å². The smallest absolute Gasteiger partial charge is 0.303 e. The molecule has 0 radical (unpaired) electrons. The molecule has 0 aliphatic heterocycles. The Morgan fingerprint density at radius 1 is 0.370 bits per heavy atom. The lowest BCUT2D eigenvalue weighted by atomic mass is 10.00. The molecule has 92 heavy (non-hydrogen) atoms. The van der Waals surface area contributed by atoms with Gasteiger partial charge in [0.15, 0.2) is 0 Å². The number of carboxylic acids is 3. The number of unbranched alkanes of at least 4 members (excludes halogenated alkanes) is 6. The fraction of sp³-hybridized carbons (Fsp3) is 0.380. The van der Waals surface area contributed by atoms with Gasteiger partial charge in [0.1, 0.15) is 25.7 Å². The number of carbonyl (C=O) groups excluding carboxylic acids is 1. The number of nitrogens with two attached hydrogens (primary N) is 1. The molecule has 0 saturated carbocycles. The lowest BCUT2D eigenvalue weighted by Crippen LogP contribution is -3.00. The van der Waals surface area contributed by atoms with E-state index in [4.69, 9.17) is 21.1 Å². The molecule has 0 aliphatic rings. The Labute approximate surface area is 572 Å². The number of aryl methyl sites for hydroxylation is 3. The van der Waals surface area contributed by atoms with Crippen molar-refractivity contribution in [2.75, 3.05) is 114 Å². The Morgan fingerprint density at radius 2 is 0.620 bits per heavy atom. The van der Waals surface area contributed by atoms with E-state index in [1.807, 2.05) is 115 Å². The Balaban J connectivity index is 0.000000290. The summed E-state index contributed by atoms with van der Waals surface area (Å²) in [4.78, 5) is 57.3. The quantitative estimate of drug-likeness (QED) is 0.0368. The summed E-state index contributed by atoms with van der Waals surface area (Å²) < 4.78 is 6.91. The van der Waals surface area contributed by atoms with E-state index in [2.05, 4.69) is 134 Å². The number of benzene rings is 6. The standard InChI is InChI=1S/C24H30N4O3.C24H28N4O2.C23H29N3O2.3BrH/c1-26(2)16-9-11-18-20(14-16)28(13-7-5-6-8-22(29)30)21-15-17(27(3)4)10-12-19(21)23(18)24(25)31;1-26(2)17-9-11-19-21(16-25)20-12-10-18(27(3)4)15-23(20)28(22(19)14-17)13-7-5-6-8-24(29)30;1-24(2)19-11-9-17-14-18-10-12-20(25(3)4)16-22(18)26(21(17)15-19)13-7-5-6-8-23(27)28;;;/h9-12,14-15H,5-8,13H2,1-4H3,(H2-,25,29,30,31);9-12,14-15H,5-8,13H2,1-4H3;9-12,14-16H,5-8,13H2,1-4H3;3*1H. The Kier molecular flexibility index (Phi) is 29.2. The highest BCUT2D eigenvalue weighted by Gasteiger charge is 2.26. The lowest BCUT2D eigenvalue weighted by Gasteiger charge is -2.17. The van der Waals surface area contributed by atoms with Gasteiger partial charge < -0.3 is 101 Å². The van der Waals surface area contributed by atoms with Crippen molar-refractivity contribution in [2.45, 2.75) is 96.7 Å². The van der Waals surface area contributed by atoms with Gasteiger partial charge in [-0.2, -0.15) is 19.0 Å². The van der Waals surface area contributed by atoms with Crippen LogP contribution < -0.4 is 99.8 Å². The van der Waals surface area contributed by atoms with Crippen molar-refractivity contribution in [1.82, 2.24) is 0 Å². The number of anilines is 6. The van der Waals surface area contributed by atoms with E-state index in [9.17, 15) is 24.4 Å². The minimum absolute atomic E-state index is 0. The van der Waals surface area contributed by atoms with Crippen molar-refractivity contribution < 1.29 is 99.1 Å². The number of fused-ring (bicyclic) bond motifs is 6. The van der Waals surface area contributed by atoms with Gasteiger partial charge in [0.25, 0.3) is 0 Å². The van der Waals surface area contributed by atoms with E-state index in [1.54, 1.807) is 0 Å². The highest BCUT2D eigenvalue weighted by atomic mass is 79.9. The number of hydrogen-bond acceptors (Lipinski definition) is 11. The first-order valence-corrected chi connectivity index (χ1v) is 30.6. The van der Waals surface area contributed by atoms with Crippen LogP contribution in [0.2, 0.25) is 0 Å². The van der Waals surface area contributed by atoms with Gasteiger partial charge in [-0.25, -0.2) is 0 Å². The van der Waals surface area contributed by atoms with E-state index in [0.29, 0.717) is 24.0 Å². The SMILES string of the molecule is CN(C)c1ccc2c(C#N)c3ccc(N(C)C)cc3[n+](CCCCCC(=O)O)c2c1.CN(C)c1ccc2c(C(N)=O)c3ccc(N(C)C)cc3[n+](CCCCCC(=O)O)c2c1.CN(C)c1ccc2cc3ccc(N(C)C)cc3[n+](CCCCCC(=O)O)c2c1.[Br-].[Br-].[Br-]. The minimum atomic E-state index is -0.763. The Hall–Kier alpha value is -8.06. The predicted octanol–water partition coefficient (Wildman–Crippen LogP) is 2.16. The molecule has 0 saturated heterocycles. The summed E-state index contributed by atoms with van der Waals surface area (Å²) in [5.74, 6) is -2.67. The molecule has 0 aliphatic carbocycles. The number of rotatable bonds is 25. The first-order valence-electron chi connectivity index (χ1n) is 30.6. The third-order valence-corrected chi connectivity index (χ3v) is 16.4. The van der Waals surface area contributed by atoms with Gasteiger partial charge in [0.2, 0.25) is 39.0 Å². The molecule has 492 valence electrons. The molecular formula is C71H90Br3N11O7. The molecule has 9 aromatic rings. The van der Waals surface area contributed by atoms with E-state index >= 15 is 0 Å². The van der Waals surface area contributed by atoms with Crippen molar-refractivity contribution in [3.63, 3.8) is 0 Å². The molecule has 0 spiro atoms. The lowest BCUT2D eigenvalue weighted by molar-refractivity contribution is -0.646. The molecule has 6 aromatic carbocycles. The maximum Gasteiger partial charge on any atom is 0.303 e. The summed E-state index contributed by atoms with van der Waals surface area (Å²) in [7, 11) is 24.2. The maximum absolute atomic E-state index is 12.5. The highest BCUT2D eigenvalue weighted by molar-refractivity contribution is 6.15. The number of halogens is 3. The van der Waals surface area contributed by atoms with Crippen LogP contribution >= 0.6 is 0 Å². The molecule has 0 atom stereocenters. The van der Waals surface area contributed by atoms with Crippen LogP contribution in [0.4, 0.5) is 34.1 Å². The second-order valence-electron chi connectivity index (χ2n) is 24.1. The number of carbonyl (C=O) groups is 4. The second kappa shape index (κ2) is 35.1. The highest BCUT2D eigenvalue weighted by Crippen LogP contribution is 2.33. The number of carboxylic acid groups (broad SMARTS) is 3. The zero-order valence-corrected chi connectivity index (χ0v) is 60.0. The molecule has 0 fully saturated rings. The van der Waals surface area contributed by atoms with Crippen LogP contribution in [0, 0.1) is 11.3 Å². The fourth-order valence-corrected chi connectivity index (χ4v) is 11.4. The van der Waals surface area contributed by atoms with Crippen molar-refractivity contribution in [2.24, 2.45) is 5.73 Å². The molecule has 3 heterocycles. The normalized spacial score (nSPS) is 10.7. The number of pyridine rings is 3. The molecule has 18 nitrogen and oxygen atoms in total. The number of hydrogen-bond donors (Lipinski definition) is 4. The average molecular weight is 1450 g/mol. The summed E-state index contributed by atoms with van der Waals surface area (Å²) >= 11 is 0. The van der Waals surface area contributed by atoms with Crippen molar-refractivity contribution in [3.05, 3.63) is 126 Å². The molecule has 21 heteroatoms. The molecular weight excluding hydrogens is 1360 g/mol. The van der Waals surface area contributed by atoms with Gasteiger partial charge in [-0.15, -0.1) is 0 Å². The maximum atomic E-state index is 12.5. The monoisotopic (exact) mass is 1450 g/mol. The molecule has 1 amide bonds. The number of nitrogens with zero attached hydrogens (tertiary/aromatic N) is 10. The Morgan fingerprint density at radius 3 is 0.880 bits per heavy atom. The topological polar surface area (TPSA) is 210 Å². The summed E-state index contributed by atoms with van der Waals surface area (Å²) in [6.07, 6.45) is 7.96. The summed E-state index contributed by atoms with van der Waals surface area (Å²) in [5, 5.41) is 42.6. The number of nitriles is 1. The third kappa shape index (κ3) is 19.0. The van der Waals surface area contributed by atoms with Crippen LogP contribution in [0.25, 0.3) is 65.4 Å². The van der Waals surface area contributed by atoms with E-state index in [-0.39, 0.29) is 70.2 Å². The number of primary amides is 1. The first-order chi connectivity index (χ1) is 42.4. The summed E-state index contributed by atoms with van der Waals surface area (Å²) in [5.41, 5.74) is 20.0. The van der Waals surface area contributed by atoms with Crippen LogP contribution in [-0.4, -0.2) is 124 Å². The Bertz CT molecular complexity index is 3910. The average Bonchev–Trinajstić information content (AvgIpc) is 0.765. The van der Waals surface area contributed by atoms with Crippen LogP contribution in [0.3, 0.4) is 0 Å². The zero-order valence-electron chi connectivity index (χ0n) is 55.2. The number of aliphatic carboxylic acids is 3. The van der Waals surface area contributed by atoms with Gasteiger partial charge in [-0.1, -0.05) is 0 Å². The van der Waals surface area contributed by atoms with Gasteiger partial charge >= 0.3 is 17.9 Å². The minimum Gasteiger partial charge on any atom is -1.00 e. The number of aromatic nitrogens is 3. The third-order valence-electron chi connectivity index (χ3n) is 16.4. The molecule has 5 N–H and O–H groups in total. The predicted molar refractivity (Wildman–Crippen MR) is 362 cm³/mol. The van der Waals surface area contributed by atoms with E-state index < -0.39 is 23.8 Å². The summed E-state index contributed by atoms with van der Waals surface area (Å²) in [6, 6.07) is 42.3. The zero-order chi connectivity index (χ0) is 64.8.